The maximum absolute atomic E-state index is 11.7. The lowest BCUT2D eigenvalue weighted by Crippen LogP contribution is -2.42. The van der Waals surface area contributed by atoms with E-state index in [1.54, 1.807) is 0 Å². The summed E-state index contributed by atoms with van der Waals surface area (Å²) >= 11 is 5.31. The van der Waals surface area contributed by atoms with Crippen LogP contribution in [0.1, 0.15) is 41.9 Å². The maximum atomic E-state index is 11.7. The summed E-state index contributed by atoms with van der Waals surface area (Å²) in [4.78, 5) is 28.4. The van der Waals surface area contributed by atoms with E-state index < -0.39 is 5.91 Å². The average molecular weight is 387 g/mol. The van der Waals surface area contributed by atoms with Crippen molar-refractivity contribution in [2.45, 2.75) is 37.8 Å². The molecule has 1 aliphatic rings. The number of anilines is 3. The van der Waals surface area contributed by atoms with E-state index in [9.17, 15) is 4.79 Å². The Labute approximate surface area is 161 Å². The van der Waals surface area contributed by atoms with Crippen LogP contribution in [0.15, 0.2) is 18.6 Å². The summed E-state index contributed by atoms with van der Waals surface area (Å²) in [5, 5.41) is 6.12. The van der Waals surface area contributed by atoms with E-state index >= 15 is 0 Å². The highest BCUT2D eigenvalue weighted by Gasteiger charge is 2.23. The average Bonchev–Trinajstić information content (AvgIpc) is 2.64. The number of nitrogens with two attached hydrogens (primary N) is 3. The van der Waals surface area contributed by atoms with Crippen LogP contribution in [0.5, 0.6) is 0 Å². The quantitative estimate of drug-likeness (QED) is 0.453. The van der Waals surface area contributed by atoms with Crippen LogP contribution >= 0.6 is 12.2 Å². The van der Waals surface area contributed by atoms with E-state index in [-0.39, 0.29) is 40.1 Å². The molecule has 27 heavy (non-hydrogen) atoms. The number of thiocarbonyl (C=S) groups is 1. The number of hydrogen-bond donors (Lipinski definition) is 5. The molecule has 2 aromatic rings. The van der Waals surface area contributed by atoms with E-state index in [1.165, 1.54) is 18.6 Å². The van der Waals surface area contributed by atoms with Gasteiger partial charge in [0.2, 0.25) is 0 Å². The molecule has 2 heterocycles. The lowest BCUT2D eigenvalue weighted by molar-refractivity contribution is 0.0996. The smallest absolute Gasteiger partial charge is 0.271 e. The largest absolute Gasteiger partial charge is 0.382 e. The Hall–Kier alpha value is -2.92. The first-order valence-electron chi connectivity index (χ1n) is 8.52. The second kappa shape index (κ2) is 8.18. The molecular formula is C16H21N9OS. The molecule has 0 spiro atoms. The van der Waals surface area contributed by atoms with E-state index in [0.717, 1.165) is 25.7 Å². The first-order valence-corrected chi connectivity index (χ1v) is 8.93. The molecule has 10 nitrogen and oxygen atoms in total. The second-order valence-corrected chi connectivity index (χ2v) is 6.67. The molecule has 3 rings (SSSR count). The number of amides is 1. The molecule has 2 unspecified atom stereocenters. The van der Waals surface area contributed by atoms with Crippen LogP contribution in [0.25, 0.3) is 0 Å². The van der Waals surface area contributed by atoms with E-state index in [1.807, 2.05) is 0 Å². The van der Waals surface area contributed by atoms with E-state index in [2.05, 4.69) is 30.6 Å². The molecule has 1 amide bonds. The van der Waals surface area contributed by atoms with Gasteiger partial charge in [0.1, 0.15) is 16.5 Å². The van der Waals surface area contributed by atoms with Crippen LogP contribution < -0.4 is 27.8 Å². The van der Waals surface area contributed by atoms with Gasteiger partial charge in [-0.3, -0.25) is 4.79 Å². The minimum absolute atomic E-state index is 0.0354. The van der Waals surface area contributed by atoms with Crippen molar-refractivity contribution in [2.75, 3.05) is 16.4 Å². The summed E-state index contributed by atoms with van der Waals surface area (Å²) < 4.78 is 0. The second-order valence-electron chi connectivity index (χ2n) is 6.26. The van der Waals surface area contributed by atoms with Crippen LogP contribution in [-0.2, 0) is 0 Å². The number of nitrogens with zero attached hydrogens (tertiary/aromatic N) is 4. The summed E-state index contributed by atoms with van der Waals surface area (Å²) in [5.41, 5.74) is 17.6. The minimum atomic E-state index is -0.735. The third-order valence-corrected chi connectivity index (χ3v) is 4.63. The number of nitrogens with one attached hydrogen (secondary N) is 2. The van der Waals surface area contributed by atoms with Crippen molar-refractivity contribution in [2.24, 2.45) is 11.5 Å². The van der Waals surface area contributed by atoms with Gasteiger partial charge in [0.15, 0.2) is 17.3 Å². The van der Waals surface area contributed by atoms with E-state index in [0.29, 0.717) is 5.82 Å². The summed E-state index contributed by atoms with van der Waals surface area (Å²) in [5.74, 6) is 0.0126. The number of carbonyl (C=O) groups excluding carboxylic acids is 1. The number of carbonyl (C=O) groups is 1. The molecule has 2 aromatic heterocycles. The van der Waals surface area contributed by atoms with Crippen LogP contribution in [0.4, 0.5) is 17.5 Å². The van der Waals surface area contributed by atoms with Crippen molar-refractivity contribution >= 4 is 40.6 Å². The molecule has 0 bridgehead atoms. The third kappa shape index (κ3) is 4.44. The topological polar surface area (TPSA) is 171 Å². The predicted octanol–water partition coefficient (Wildman–Crippen LogP) is 0.417. The standard InChI is InChI=1S/C16H21N9OS/c17-8-3-1-2-4-9(8)23-10-7-22-12(14(19)26)15(24-10)25-16(27)11-13(18)21-6-5-20-11/h5-9H,1-4,17H2,(H2,18,21)(H2,19,26)(H2,23,24,25,27). The Morgan fingerprint density at radius 1 is 1.15 bits per heavy atom. The van der Waals surface area contributed by atoms with Gasteiger partial charge in [-0.25, -0.2) is 19.9 Å². The Morgan fingerprint density at radius 3 is 2.59 bits per heavy atom. The zero-order valence-corrected chi connectivity index (χ0v) is 15.4. The molecule has 142 valence electrons. The first kappa shape index (κ1) is 18.9. The molecule has 0 aliphatic heterocycles. The minimum Gasteiger partial charge on any atom is -0.382 e. The molecule has 1 fully saturated rings. The highest BCUT2D eigenvalue weighted by atomic mass is 32.1. The van der Waals surface area contributed by atoms with Crippen LogP contribution in [0.3, 0.4) is 0 Å². The third-order valence-electron chi connectivity index (χ3n) is 4.33. The number of nitrogen functional groups attached to an aromatic ring is 1. The van der Waals surface area contributed by atoms with Crippen LogP contribution in [-0.4, -0.2) is 42.9 Å². The van der Waals surface area contributed by atoms with Gasteiger partial charge in [0.25, 0.3) is 5.91 Å². The van der Waals surface area contributed by atoms with Crippen molar-refractivity contribution in [3.63, 3.8) is 0 Å². The van der Waals surface area contributed by atoms with Crippen LogP contribution in [0.2, 0.25) is 0 Å². The Morgan fingerprint density at radius 2 is 1.89 bits per heavy atom. The van der Waals surface area contributed by atoms with Gasteiger partial charge in [0, 0.05) is 24.5 Å². The summed E-state index contributed by atoms with van der Waals surface area (Å²) in [6, 6.07) is 0.121. The van der Waals surface area contributed by atoms with Crippen LogP contribution in [0, 0.1) is 0 Å². The molecule has 0 saturated heterocycles. The van der Waals surface area contributed by atoms with Crippen molar-refractivity contribution in [1.82, 2.24) is 19.9 Å². The molecule has 1 saturated carbocycles. The van der Waals surface area contributed by atoms with Crippen molar-refractivity contribution in [1.29, 1.82) is 0 Å². The number of aromatic nitrogens is 4. The summed E-state index contributed by atoms with van der Waals surface area (Å²) in [6.45, 7) is 0. The molecule has 2 atom stereocenters. The summed E-state index contributed by atoms with van der Waals surface area (Å²) in [6.07, 6.45) is 8.47. The molecule has 0 radical (unpaired) electrons. The number of rotatable bonds is 5. The van der Waals surface area contributed by atoms with Gasteiger partial charge in [-0.2, -0.15) is 0 Å². The van der Waals surface area contributed by atoms with Crippen molar-refractivity contribution in [3.05, 3.63) is 30.0 Å². The van der Waals surface area contributed by atoms with Gasteiger partial charge >= 0.3 is 0 Å². The predicted molar refractivity (Wildman–Crippen MR) is 106 cm³/mol. The van der Waals surface area contributed by atoms with Gasteiger partial charge in [-0.05, 0) is 12.8 Å². The molecule has 11 heteroatoms. The van der Waals surface area contributed by atoms with Gasteiger partial charge in [-0.1, -0.05) is 25.1 Å². The summed E-state index contributed by atoms with van der Waals surface area (Å²) in [7, 11) is 0. The normalized spacial score (nSPS) is 19.3. The fraction of sp³-hybridized carbons (Fsp3) is 0.375. The highest BCUT2D eigenvalue weighted by molar-refractivity contribution is 7.81. The highest BCUT2D eigenvalue weighted by Crippen LogP contribution is 2.22. The Balaban J connectivity index is 1.84. The SMILES string of the molecule is NC(=O)c1ncc(NC2CCCCC2N)nc1NC(=S)c1nccnc1N. The number of hydrogen-bond acceptors (Lipinski definition) is 9. The molecule has 0 aromatic carbocycles. The van der Waals surface area contributed by atoms with E-state index in [4.69, 9.17) is 29.4 Å². The van der Waals surface area contributed by atoms with Crippen molar-refractivity contribution < 1.29 is 4.79 Å². The lowest BCUT2D eigenvalue weighted by atomic mass is 9.91. The monoisotopic (exact) mass is 387 g/mol. The molecular weight excluding hydrogens is 366 g/mol. The Kier molecular flexibility index (Phi) is 5.72. The maximum Gasteiger partial charge on any atom is 0.271 e. The molecule has 1 aliphatic carbocycles. The van der Waals surface area contributed by atoms with Gasteiger partial charge in [-0.15, -0.1) is 0 Å². The Bertz CT molecular complexity index is 860. The zero-order valence-electron chi connectivity index (χ0n) is 14.6. The van der Waals surface area contributed by atoms with Gasteiger partial charge in [0.05, 0.1) is 6.20 Å². The molecule has 8 N–H and O–H groups in total. The number of primary amides is 1. The first-order chi connectivity index (χ1) is 13.0. The van der Waals surface area contributed by atoms with Crippen molar-refractivity contribution in [3.8, 4) is 0 Å². The fourth-order valence-corrected chi connectivity index (χ4v) is 3.20. The zero-order chi connectivity index (χ0) is 19.4. The fourth-order valence-electron chi connectivity index (χ4n) is 2.95. The lowest BCUT2D eigenvalue weighted by Gasteiger charge is -2.29. The van der Waals surface area contributed by atoms with Gasteiger partial charge < -0.3 is 27.8 Å².